The van der Waals surface area contributed by atoms with Crippen molar-refractivity contribution >= 4 is 5.69 Å². The summed E-state index contributed by atoms with van der Waals surface area (Å²) in [6, 6.07) is 6.26. The third-order valence-corrected chi connectivity index (χ3v) is 2.88. The molecule has 0 aliphatic rings. The molecule has 0 saturated carbocycles. The molecule has 1 rings (SSSR count). The second-order valence-corrected chi connectivity index (χ2v) is 4.00. The second kappa shape index (κ2) is 5.59. The summed E-state index contributed by atoms with van der Waals surface area (Å²) in [4.78, 5) is 0. The maximum Gasteiger partial charge on any atom is 0.0346 e. The number of anilines is 1. The third-order valence-electron chi connectivity index (χ3n) is 2.88. The van der Waals surface area contributed by atoms with Crippen LogP contribution < -0.4 is 5.73 Å². The summed E-state index contributed by atoms with van der Waals surface area (Å²) in [5.41, 5.74) is 10.9. The van der Waals surface area contributed by atoms with E-state index in [1.54, 1.807) is 0 Å². The highest BCUT2D eigenvalue weighted by Crippen LogP contribution is 2.18. The highest BCUT2D eigenvalue weighted by molar-refractivity contribution is 5.48. The quantitative estimate of drug-likeness (QED) is 0.583. The fourth-order valence-electron chi connectivity index (χ4n) is 1.77. The SMILES string of the molecule is CC=C(CC)CCc1cc(C)ccc1N. The monoisotopic (exact) mass is 203 g/mol. The van der Waals surface area contributed by atoms with Gasteiger partial charge in [-0.2, -0.15) is 0 Å². The molecule has 1 nitrogen and oxygen atoms in total. The van der Waals surface area contributed by atoms with Gasteiger partial charge in [-0.05, 0) is 44.7 Å². The Morgan fingerprint density at radius 3 is 2.73 bits per heavy atom. The van der Waals surface area contributed by atoms with Gasteiger partial charge in [-0.25, -0.2) is 0 Å². The van der Waals surface area contributed by atoms with Crippen molar-refractivity contribution in [1.29, 1.82) is 0 Å². The number of nitrogens with two attached hydrogens (primary N) is 1. The maximum absolute atomic E-state index is 5.94. The summed E-state index contributed by atoms with van der Waals surface area (Å²) in [7, 11) is 0. The molecule has 2 N–H and O–H groups in total. The summed E-state index contributed by atoms with van der Waals surface area (Å²) >= 11 is 0. The molecule has 0 aliphatic heterocycles. The van der Waals surface area contributed by atoms with Crippen molar-refractivity contribution in [3.05, 3.63) is 41.0 Å². The second-order valence-electron chi connectivity index (χ2n) is 4.00. The van der Waals surface area contributed by atoms with Crippen molar-refractivity contribution in [2.75, 3.05) is 5.73 Å². The van der Waals surface area contributed by atoms with E-state index < -0.39 is 0 Å². The first-order valence-corrected chi connectivity index (χ1v) is 5.66. The number of aryl methyl sites for hydroxylation is 2. The van der Waals surface area contributed by atoms with Crippen molar-refractivity contribution in [2.24, 2.45) is 0 Å². The Bertz CT molecular complexity index is 350. The van der Waals surface area contributed by atoms with Gasteiger partial charge in [-0.1, -0.05) is 36.3 Å². The molecule has 1 aromatic carbocycles. The molecule has 0 saturated heterocycles. The molecule has 0 aromatic heterocycles. The van der Waals surface area contributed by atoms with Gasteiger partial charge in [0.1, 0.15) is 0 Å². The molecule has 0 radical (unpaired) electrons. The zero-order chi connectivity index (χ0) is 11.3. The largest absolute Gasteiger partial charge is 0.399 e. The van der Waals surface area contributed by atoms with Gasteiger partial charge in [-0.15, -0.1) is 0 Å². The lowest BCUT2D eigenvalue weighted by molar-refractivity contribution is 0.882. The highest BCUT2D eigenvalue weighted by atomic mass is 14.6. The number of benzene rings is 1. The van der Waals surface area contributed by atoms with Gasteiger partial charge in [0.2, 0.25) is 0 Å². The Balaban J connectivity index is 2.68. The van der Waals surface area contributed by atoms with Gasteiger partial charge in [0, 0.05) is 5.69 Å². The Morgan fingerprint density at radius 2 is 2.13 bits per heavy atom. The van der Waals surface area contributed by atoms with E-state index >= 15 is 0 Å². The van der Waals surface area contributed by atoms with Crippen molar-refractivity contribution in [3.63, 3.8) is 0 Å². The lowest BCUT2D eigenvalue weighted by Gasteiger charge is -2.08. The smallest absolute Gasteiger partial charge is 0.0346 e. The molecule has 15 heavy (non-hydrogen) atoms. The average molecular weight is 203 g/mol. The summed E-state index contributed by atoms with van der Waals surface area (Å²) in [6.45, 7) is 6.42. The molecule has 82 valence electrons. The van der Waals surface area contributed by atoms with Crippen molar-refractivity contribution in [1.82, 2.24) is 0 Å². The number of hydrogen-bond donors (Lipinski definition) is 1. The third kappa shape index (κ3) is 3.43. The zero-order valence-corrected chi connectivity index (χ0v) is 10.0. The molecular formula is C14H21N. The molecule has 0 atom stereocenters. The summed E-state index contributed by atoms with van der Waals surface area (Å²) < 4.78 is 0. The van der Waals surface area contributed by atoms with Crippen LogP contribution >= 0.6 is 0 Å². The Labute approximate surface area is 93.0 Å². The van der Waals surface area contributed by atoms with E-state index in [4.69, 9.17) is 5.73 Å². The molecule has 0 fully saturated rings. The maximum atomic E-state index is 5.94. The van der Waals surface area contributed by atoms with Gasteiger partial charge in [-0.3, -0.25) is 0 Å². The van der Waals surface area contributed by atoms with Crippen LogP contribution in [0, 0.1) is 6.92 Å². The molecule has 0 heterocycles. The number of rotatable bonds is 4. The molecule has 0 aliphatic carbocycles. The molecular weight excluding hydrogens is 182 g/mol. The summed E-state index contributed by atoms with van der Waals surface area (Å²) in [6.07, 6.45) is 5.54. The van der Waals surface area contributed by atoms with Crippen LogP contribution in [0.5, 0.6) is 0 Å². The van der Waals surface area contributed by atoms with E-state index in [9.17, 15) is 0 Å². The number of hydrogen-bond acceptors (Lipinski definition) is 1. The minimum Gasteiger partial charge on any atom is -0.399 e. The van der Waals surface area contributed by atoms with Crippen molar-refractivity contribution in [2.45, 2.75) is 40.0 Å². The van der Waals surface area contributed by atoms with Gasteiger partial charge in [0.15, 0.2) is 0 Å². The van der Waals surface area contributed by atoms with Gasteiger partial charge >= 0.3 is 0 Å². The predicted molar refractivity (Wildman–Crippen MR) is 68.0 cm³/mol. The number of allylic oxidation sites excluding steroid dienone is 2. The van der Waals surface area contributed by atoms with Crippen LogP contribution in [0.1, 0.15) is 37.8 Å². The first-order chi connectivity index (χ1) is 7.17. The topological polar surface area (TPSA) is 26.0 Å². The summed E-state index contributed by atoms with van der Waals surface area (Å²) in [5.74, 6) is 0. The molecule has 1 aromatic rings. The van der Waals surface area contributed by atoms with Gasteiger partial charge < -0.3 is 5.73 Å². The standard InChI is InChI=1S/C14H21N/c1-4-12(5-2)7-8-13-10-11(3)6-9-14(13)15/h4,6,9-10H,5,7-8,15H2,1-3H3. The summed E-state index contributed by atoms with van der Waals surface area (Å²) in [5, 5.41) is 0. The van der Waals surface area contributed by atoms with Gasteiger partial charge in [0.05, 0.1) is 0 Å². The zero-order valence-electron chi connectivity index (χ0n) is 10.0. The first kappa shape index (κ1) is 11.8. The number of nitrogen functional groups attached to an aromatic ring is 1. The van der Waals surface area contributed by atoms with Crippen molar-refractivity contribution < 1.29 is 0 Å². The van der Waals surface area contributed by atoms with E-state index in [-0.39, 0.29) is 0 Å². The lowest BCUT2D eigenvalue weighted by Crippen LogP contribution is -1.96. The Morgan fingerprint density at radius 1 is 1.40 bits per heavy atom. The van der Waals surface area contributed by atoms with E-state index in [1.807, 2.05) is 6.07 Å². The van der Waals surface area contributed by atoms with E-state index in [0.717, 1.165) is 24.9 Å². The van der Waals surface area contributed by atoms with Crippen LogP contribution in [0.25, 0.3) is 0 Å². The highest BCUT2D eigenvalue weighted by Gasteiger charge is 2.00. The minimum absolute atomic E-state index is 0.923. The normalized spacial score (nSPS) is 11.8. The van der Waals surface area contributed by atoms with E-state index in [0.29, 0.717) is 0 Å². The van der Waals surface area contributed by atoms with E-state index in [1.165, 1.54) is 16.7 Å². The molecule has 0 unspecified atom stereocenters. The van der Waals surface area contributed by atoms with Gasteiger partial charge in [0.25, 0.3) is 0 Å². The predicted octanol–water partition coefficient (Wildman–Crippen LogP) is 3.87. The van der Waals surface area contributed by atoms with Crippen molar-refractivity contribution in [3.8, 4) is 0 Å². The fourth-order valence-corrected chi connectivity index (χ4v) is 1.77. The Hall–Kier alpha value is -1.24. The van der Waals surface area contributed by atoms with E-state index in [2.05, 4.69) is 39.0 Å². The lowest BCUT2D eigenvalue weighted by atomic mass is 10.00. The van der Waals surface area contributed by atoms with Crippen LogP contribution in [0.2, 0.25) is 0 Å². The Kier molecular flexibility index (Phi) is 4.41. The molecule has 0 bridgehead atoms. The van der Waals surface area contributed by atoms with Crippen LogP contribution in [0.3, 0.4) is 0 Å². The fraction of sp³-hybridized carbons (Fsp3) is 0.429. The molecule has 0 spiro atoms. The molecule has 0 amide bonds. The first-order valence-electron chi connectivity index (χ1n) is 5.66. The van der Waals surface area contributed by atoms with Crippen LogP contribution in [-0.4, -0.2) is 0 Å². The average Bonchev–Trinajstić information content (AvgIpc) is 2.24. The minimum atomic E-state index is 0.923. The molecule has 1 heteroatoms. The van der Waals surface area contributed by atoms with Crippen LogP contribution in [-0.2, 0) is 6.42 Å². The van der Waals surface area contributed by atoms with Crippen LogP contribution in [0.15, 0.2) is 29.8 Å². The van der Waals surface area contributed by atoms with Crippen LogP contribution in [0.4, 0.5) is 5.69 Å².